The third-order valence-electron chi connectivity index (χ3n) is 1.99. The third kappa shape index (κ3) is 0.948. The first-order valence-electron chi connectivity index (χ1n) is 3.66. The number of aromatic amines is 1. The molecule has 0 saturated heterocycles. The molecule has 0 fully saturated rings. The minimum absolute atomic E-state index is 0.581. The summed E-state index contributed by atoms with van der Waals surface area (Å²) in [5, 5.41) is 9.31. The lowest BCUT2D eigenvalue weighted by Crippen LogP contribution is -2.46. The number of H-pyrrole nitrogens is 1. The van der Waals surface area contributed by atoms with E-state index < -0.39 is 6.29 Å². The maximum absolute atomic E-state index is 9.31. The number of aryl methyl sites for hydroxylation is 1. The van der Waals surface area contributed by atoms with E-state index in [1.807, 2.05) is 11.5 Å². The van der Waals surface area contributed by atoms with Gasteiger partial charge >= 0.3 is 0 Å². The molecule has 1 atom stereocenters. The summed E-state index contributed by atoms with van der Waals surface area (Å²) >= 11 is 0. The molecule has 4 heteroatoms. The smallest absolute Gasteiger partial charge is 0.251 e. The SMILES string of the molecule is Cc1[nH]cc2[n+]1CCOC2O. The number of aliphatic hydroxyl groups excluding tert-OH is 1. The molecule has 0 aromatic carbocycles. The van der Waals surface area contributed by atoms with Crippen molar-refractivity contribution in [2.75, 3.05) is 6.61 Å². The number of ether oxygens (including phenoxy) is 1. The molecule has 0 spiro atoms. The van der Waals surface area contributed by atoms with Crippen LogP contribution in [0.15, 0.2) is 6.20 Å². The third-order valence-corrected chi connectivity index (χ3v) is 1.99. The van der Waals surface area contributed by atoms with Gasteiger partial charge in [-0.15, -0.1) is 0 Å². The fraction of sp³-hybridized carbons (Fsp3) is 0.571. The van der Waals surface area contributed by atoms with Crippen LogP contribution in [0.25, 0.3) is 0 Å². The van der Waals surface area contributed by atoms with E-state index >= 15 is 0 Å². The summed E-state index contributed by atoms with van der Waals surface area (Å²) in [5.74, 6) is 1.06. The molecule has 2 rings (SSSR count). The number of hydrogen-bond acceptors (Lipinski definition) is 2. The maximum Gasteiger partial charge on any atom is 0.251 e. The molecule has 0 radical (unpaired) electrons. The second-order valence-electron chi connectivity index (χ2n) is 2.67. The molecule has 1 aromatic rings. The zero-order chi connectivity index (χ0) is 7.84. The molecule has 2 N–H and O–H groups in total. The van der Waals surface area contributed by atoms with Crippen molar-refractivity contribution >= 4 is 0 Å². The van der Waals surface area contributed by atoms with Crippen LogP contribution in [0.5, 0.6) is 0 Å². The Kier molecular flexibility index (Phi) is 1.44. The lowest BCUT2D eigenvalue weighted by Gasteiger charge is -2.15. The fourth-order valence-corrected chi connectivity index (χ4v) is 1.37. The van der Waals surface area contributed by atoms with Gasteiger partial charge in [-0.2, -0.15) is 0 Å². The van der Waals surface area contributed by atoms with E-state index in [0.29, 0.717) is 6.61 Å². The summed E-state index contributed by atoms with van der Waals surface area (Å²) in [6.07, 6.45) is 1.02. The molecule has 0 aliphatic carbocycles. The van der Waals surface area contributed by atoms with Crippen LogP contribution in [0, 0.1) is 6.92 Å². The normalized spacial score (nSPS) is 23.3. The molecular formula is C7H11N2O2+. The van der Waals surface area contributed by atoms with E-state index in [0.717, 1.165) is 18.1 Å². The van der Waals surface area contributed by atoms with Gasteiger partial charge in [0, 0.05) is 6.92 Å². The fourth-order valence-electron chi connectivity index (χ4n) is 1.37. The number of hydrogen-bond donors (Lipinski definition) is 2. The van der Waals surface area contributed by atoms with Gasteiger partial charge in [-0.05, 0) is 0 Å². The van der Waals surface area contributed by atoms with Gasteiger partial charge < -0.3 is 9.84 Å². The zero-order valence-corrected chi connectivity index (χ0v) is 6.37. The first kappa shape index (κ1) is 6.82. The van der Waals surface area contributed by atoms with Crippen molar-refractivity contribution in [3.05, 3.63) is 17.7 Å². The molecule has 11 heavy (non-hydrogen) atoms. The van der Waals surface area contributed by atoms with Crippen molar-refractivity contribution in [3.63, 3.8) is 0 Å². The largest absolute Gasteiger partial charge is 0.361 e. The Labute approximate surface area is 64.4 Å². The van der Waals surface area contributed by atoms with Crippen LogP contribution in [-0.2, 0) is 11.3 Å². The van der Waals surface area contributed by atoms with Crippen LogP contribution in [0.3, 0.4) is 0 Å². The molecule has 1 aromatic heterocycles. The van der Waals surface area contributed by atoms with E-state index in [4.69, 9.17) is 4.74 Å². The molecule has 1 aliphatic rings. The number of nitrogens with one attached hydrogen (secondary N) is 1. The second-order valence-corrected chi connectivity index (χ2v) is 2.67. The highest BCUT2D eigenvalue weighted by atomic mass is 16.6. The molecular weight excluding hydrogens is 144 g/mol. The van der Waals surface area contributed by atoms with E-state index in [1.54, 1.807) is 6.20 Å². The molecule has 1 aliphatic heterocycles. The number of aliphatic hydroxyl groups is 1. The monoisotopic (exact) mass is 155 g/mol. The van der Waals surface area contributed by atoms with Crippen LogP contribution < -0.4 is 4.57 Å². The second kappa shape index (κ2) is 2.32. The predicted octanol–water partition coefficient (Wildman–Crippen LogP) is -0.368. The number of nitrogens with zero attached hydrogens (tertiary/aromatic N) is 1. The van der Waals surface area contributed by atoms with E-state index in [2.05, 4.69) is 4.98 Å². The Bertz CT molecular complexity index is 269. The van der Waals surface area contributed by atoms with Crippen molar-refractivity contribution < 1.29 is 14.4 Å². The summed E-state index contributed by atoms with van der Waals surface area (Å²) in [6.45, 7) is 3.38. The molecule has 0 saturated carbocycles. The minimum atomic E-state index is -0.756. The first-order chi connectivity index (χ1) is 5.29. The van der Waals surface area contributed by atoms with Crippen molar-refractivity contribution in [2.24, 2.45) is 0 Å². The van der Waals surface area contributed by atoms with Gasteiger partial charge in [0.2, 0.25) is 6.29 Å². The lowest BCUT2D eigenvalue weighted by molar-refractivity contribution is -0.728. The summed E-state index contributed by atoms with van der Waals surface area (Å²) in [4.78, 5) is 3.03. The van der Waals surface area contributed by atoms with Gasteiger partial charge in [0.1, 0.15) is 12.7 Å². The van der Waals surface area contributed by atoms with Crippen LogP contribution in [0.1, 0.15) is 17.8 Å². The van der Waals surface area contributed by atoms with Gasteiger partial charge in [0.15, 0.2) is 5.69 Å². The highest BCUT2D eigenvalue weighted by molar-refractivity contribution is 4.92. The van der Waals surface area contributed by atoms with Crippen molar-refractivity contribution in [1.29, 1.82) is 0 Å². The topological polar surface area (TPSA) is 49.1 Å². The van der Waals surface area contributed by atoms with Crippen LogP contribution in [0.4, 0.5) is 0 Å². The average Bonchev–Trinajstić information content (AvgIpc) is 2.35. The Morgan fingerprint density at radius 3 is 3.36 bits per heavy atom. The number of imidazole rings is 1. The predicted molar refractivity (Wildman–Crippen MR) is 36.6 cm³/mol. The Balaban J connectivity index is 2.46. The zero-order valence-electron chi connectivity index (χ0n) is 6.37. The minimum Gasteiger partial charge on any atom is -0.361 e. The Morgan fingerprint density at radius 1 is 1.82 bits per heavy atom. The van der Waals surface area contributed by atoms with Crippen molar-refractivity contribution in [1.82, 2.24) is 4.98 Å². The summed E-state index contributed by atoms with van der Waals surface area (Å²) < 4.78 is 7.05. The Hall–Kier alpha value is -0.870. The molecule has 0 amide bonds. The quantitative estimate of drug-likeness (QED) is 0.502. The van der Waals surface area contributed by atoms with E-state index in [1.165, 1.54) is 0 Å². The number of rotatable bonds is 0. The van der Waals surface area contributed by atoms with Gasteiger partial charge in [0.25, 0.3) is 5.82 Å². The highest BCUT2D eigenvalue weighted by Gasteiger charge is 2.26. The Morgan fingerprint density at radius 2 is 2.64 bits per heavy atom. The van der Waals surface area contributed by atoms with E-state index in [9.17, 15) is 5.11 Å². The van der Waals surface area contributed by atoms with E-state index in [-0.39, 0.29) is 0 Å². The number of aromatic nitrogens is 2. The first-order valence-corrected chi connectivity index (χ1v) is 3.66. The van der Waals surface area contributed by atoms with Gasteiger partial charge in [0.05, 0.1) is 6.61 Å². The van der Waals surface area contributed by atoms with Crippen LogP contribution in [0.2, 0.25) is 0 Å². The van der Waals surface area contributed by atoms with Gasteiger partial charge in [-0.1, -0.05) is 0 Å². The van der Waals surface area contributed by atoms with Gasteiger partial charge in [-0.3, -0.25) is 0 Å². The molecule has 2 heterocycles. The van der Waals surface area contributed by atoms with Crippen LogP contribution in [-0.4, -0.2) is 16.7 Å². The maximum atomic E-state index is 9.31. The van der Waals surface area contributed by atoms with Crippen molar-refractivity contribution in [2.45, 2.75) is 19.8 Å². The average molecular weight is 155 g/mol. The summed E-state index contributed by atoms with van der Waals surface area (Å²) in [6, 6.07) is 0. The summed E-state index contributed by atoms with van der Waals surface area (Å²) in [5.41, 5.74) is 0.814. The summed E-state index contributed by atoms with van der Waals surface area (Å²) in [7, 11) is 0. The molecule has 60 valence electrons. The molecule has 0 bridgehead atoms. The lowest BCUT2D eigenvalue weighted by atomic mass is 10.4. The van der Waals surface area contributed by atoms with Crippen molar-refractivity contribution in [3.8, 4) is 0 Å². The highest BCUT2D eigenvalue weighted by Crippen LogP contribution is 2.13. The standard InChI is InChI=1S/C7H10N2O2/c1-5-8-4-6-7(10)11-3-2-9(5)6/h4,7,10H,2-3H2,1H3/p+1. The van der Waals surface area contributed by atoms with Gasteiger partial charge in [-0.25, -0.2) is 9.55 Å². The van der Waals surface area contributed by atoms with Crippen LogP contribution >= 0.6 is 0 Å². The molecule has 1 unspecified atom stereocenters. The molecule has 4 nitrogen and oxygen atoms in total. The number of fused-ring (bicyclic) bond motifs is 1.